The van der Waals surface area contributed by atoms with Gasteiger partial charge in [0, 0.05) is 17.9 Å². The first kappa shape index (κ1) is 13.0. The molecule has 0 unspecified atom stereocenters. The molecule has 0 aliphatic carbocycles. The second-order valence-corrected chi connectivity index (χ2v) is 5.88. The van der Waals surface area contributed by atoms with Crippen molar-refractivity contribution < 1.29 is 13.2 Å². The van der Waals surface area contributed by atoms with Gasteiger partial charge in [0.05, 0.1) is 12.9 Å². The third kappa shape index (κ3) is 3.21. The van der Waals surface area contributed by atoms with Gasteiger partial charge in [-0.25, -0.2) is 8.42 Å². The lowest BCUT2D eigenvalue weighted by atomic mass is 10.1. The van der Waals surface area contributed by atoms with E-state index in [1.54, 1.807) is 32.2 Å². The van der Waals surface area contributed by atoms with Gasteiger partial charge in [-0.15, -0.1) is 0 Å². The molecule has 2 N–H and O–H groups in total. The van der Waals surface area contributed by atoms with E-state index < -0.39 is 9.84 Å². The Morgan fingerprint density at radius 1 is 1.38 bits per heavy atom. The molecule has 1 aromatic rings. The Morgan fingerprint density at radius 3 is 2.56 bits per heavy atom. The monoisotopic (exact) mass is 243 g/mol. The van der Waals surface area contributed by atoms with E-state index in [1.165, 1.54) is 0 Å². The van der Waals surface area contributed by atoms with Crippen LogP contribution >= 0.6 is 0 Å². The first-order chi connectivity index (χ1) is 7.52. The molecule has 1 rings (SSSR count). The Hall–Kier alpha value is -1.07. The summed E-state index contributed by atoms with van der Waals surface area (Å²) in [5, 5.41) is 0. The zero-order chi connectivity index (χ0) is 12.2. The maximum absolute atomic E-state index is 11.5. The highest BCUT2D eigenvalue weighted by atomic mass is 32.2. The Bertz CT molecular complexity index is 454. The second-order valence-electron chi connectivity index (χ2n) is 3.53. The molecule has 4 nitrogen and oxygen atoms in total. The van der Waals surface area contributed by atoms with Crippen LogP contribution in [0.2, 0.25) is 0 Å². The van der Waals surface area contributed by atoms with Gasteiger partial charge in [-0.1, -0.05) is 19.1 Å². The van der Waals surface area contributed by atoms with Gasteiger partial charge < -0.3 is 10.5 Å². The van der Waals surface area contributed by atoms with E-state index in [9.17, 15) is 8.42 Å². The molecule has 5 heteroatoms. The van der Waals surface area contributed by atoms with Crippen molar-refractivity contribution in [2.45, 2.75) is 19.2 Å². The van der Waals surface area contributed by atoms with Crippen LogP contribution in [0.4, 0.5) is 0 Å². The minimum atomic E-state index is -3.00. The van der Waals surface area contributed by atoms with Gasteiger partial charge in [0.2, 0.25) is 0 Å². The summed E-state index contributed by atoms with van der Waals surface area (Å²) in [5.74, 6) is 0.838. The van der Waals surface area contributed by atoms with E-state index in [0.717, 1.165) is 11.1 Å². The van der Waals surface area contributed by atoms with Gasteiger partial charge in [0.1, 0.15) is 5.75 Å². The fraction of sp³-hybridized carbons (Fsp3) is 0.455. The van der Waals surface area contributed by atoms with Crippen molar-refractivity contribution in [2.24, 2.45) is 5.73 Å². The number of ether oxygens (including phenoxy) is 1. The average Bonchev–Trinajstić information content (AvgIpc) is 2.28. The lowest BCUT2D eigenvalue weighted by Gasteiger charge is -2.09. The Labute approximate surface area is 96.3 Å². The van der Waals surface area contributed by atoms with E-state index in [0.29, 0.717) is 12.3 Å². The Morgan fingerprint density at radius 2 is 2.06 bits per heavy atom. The van der Waals surface area contributed by atoms with Gasteiger partial charge in [0.15, 0.2) is 9.84 Å². The maximum atomic E-state index is 11.5. The third-order valence-electron chi connectivity index (χ3n) is 2.40. The number of hydrogen-bond donors (Lipinski definition) is 1. The van der Waals surface area contributed by atoms with E-state index in [4.69, 9.17) is 10.5 Å². The molecule has 90 valence electrons. The van der Waals surface area contributed by atoms with Crippen LogP contribution in [0, 0.1) is 0 Å². The van der Waals surface area contributed by atoms with Crippen LogP contribution < -0.4 is 10.5 Å². The highest BCUT2D eigenvalue weighted by Gasteiger charge is 2.10. The summed E-state index contributed by atoms with van der Waals surface area (Å²) in [6.45, 7) is 2.02. The summed E-state index contributed by atoms with van der Waals surface area (Å²) in [5.41, 5.74) is 7.14. The van der Waals surface area contributed by atoms with Crippen molar-refractivity contribution >= 4 is 9.84 Å². The quantitative estimate of drug-likeness (QED) is 0.840. The molecule has 1 aromatic carbocycles. The highest BCUT2D eigenvalue weighted by Crippen LogP contribution is 2.21. The van der Waals surface area contributed by atoms with Crippen molar-refractivity contribution in [3.8, 4) is 5.75 Å². The van der Waals surface area contributed by atoms with Crippen molar-refractivity contribution in [1.29, 1.82) is 0 Å². The fourth-order valence-corrected chi connectivity index (χ4v) is 2.29. The summed E-state index contributed by atoms with van der Waals surface area (Å²) >= 11 is 0. The van der Waals surface area contributed by atoms with Gasteiger partial charge in [-0.05, 0) is 11.6 Å². The number of sulfone groups is 1. The molecule has 0 aliphatic rings. The summed E-state index contributed by atoms with van der Waals surface area (Å²) in [6, 6.07) is 5.31. The molecule has 0 radical (unpaired) electrons. The van der Waals surface area contributed by atoms with Crippen LogP contribution in [0.3, 0.4) is 0 Å². The molecule has 16 heavy (non-hydrogen) atoms. The molecule has 0 fully saturated rings. The van der Waals surface area contributed by atoms with Crippen LogP contribution in [-0.4, -0.2) is 21.3 Å². The van der Waals surface area contributed by atoms with E-state index in [-0.39, 0.29) is 11.5 Å². The van der Waals surface area contributed by atoms with Crippen molar-refractivity contribution in [3.05, 3.63) is 29.3 Å². The number of hydrogen-bond acceptors (Lipinski definition) is 4. The van der Waals surface area contributed by atoms with Gasteiger partial charge in [-0.3, -0.25) is 0 Å². The summed E-state index contributed by atoms with van der Waals surface area (Å²) < 4.78 is 28.1. The molecule has 0 aromatic heterocycles. The third-order valence-corrected chi connectivity index (χ3v) is 4.05. The van der Waals surface area contributed by atoms with Gasteiger partial charge >= 0.3 is 0 Å². The van der Waals surface area contributed by atoms with Gasteiger partial charge in [0.25, 0.3) is 0 Å². The molecule has 0 aliphatic heterocycles. The SMILES string of the molecule is CCS(=O)(=O)Cc1ccc(CN)c(OC)c1. The summed E-state index contributed by atoms with van der Waals surface area (Å²) in [4.78, 5) is 0. The number of methoxy groups -OCH3 is 1. The first-order valence-corrected chi connectivity index (χ1v) is 6.90. The van der Waals surface area contributed by atoms with Crippen molar-refractivity contribution in [3.63, 3.8) is 0 Å². The molecule has 0 saturated heterocycles. The average molecular weight is 243 g/mol. The van der Waals surface area contributed by atoms with Crippen LogP contribution in [-0.2, 0) is 22.1 Å². The van der Waals surface area contributed by atoms with Crippen LogP contribution in [0.25, 0.3) is 0 Å². The van der Waals surface area contributed by atoms with E-state index in [1.807, 2.05) is 0 Å². The minimum absolute atomic E-state index is 0.0463. The lowest BCUT2D eigenvalue weighted by Crippen LogP contribution is -2.07. The normalized spacial score (nSPS) is 11.4. The predicted octanol–water partition coefficient (Wildman–Crippen LogP) is 1.09. The van der Waals surface area contributed by atoms with E-state index in [2.05, 4.69) is 0 Å². The van der Waals surface area contributed by atoms with Crippen molar-refractivity contribution in [1.82, 2.24) is 0 Å². The smallest absolute Gasteiger partial charge is 0.154 e. The molecule has 0 atom stereocenters. The fourth-order valence-electron chi connectivity index (χ4n) is 1.40. The largest absolute Gasteiger partial charge is 0.496 e. The van der Waals surface area contributed by atoms with Crippen LogP contribution in [0.1, 0.15) is 18.1 Å². The molecule has 0 amide bonds. The van der Waals surface area contributed by atoms with E-state index >= 15 is 0 Å². The number of nitrogens with two attached hydrogens (primary N) is 1. The Balaban J connectivity index is 3.00. The lowest BCUT2D eigenvalue weighted by molar-refractivity contribution is 0.409. The van der Waals surface area contributed by atoms with Gasteiger partial charge in [-0.2, -0.15) is 0 Å². The molecular formula is C11H17NO3S. The predicted molar refractivity (Wildman–Crippen MR) is 64.1 cm³/mol. The zero-order valence-corrected chi connectivity index (χ0v) is 10.4. The molecular weight excluding hydrogens is 226 g/mol. The zero-order valence-electron chi connectivity index (χ0n) is 9.56. The molecule has 0 saturated carbocycles. The molecule has 0 spiro atoms. The second kappa shape index (κ2) is 5.32. The molecule has 0 bridgehead atoms. The van der Waals surface area contributed by atoms with Crippen molar-refractivity contribution in [2.75, 3.05) is 12.9 Å². The number of benzene rings is 1. The summed E-state index contributed by atoms with van der Waals surface area (Å²) in [7, 11) is -1.46. The standard InChI is InChI=1S/C11H17NO3S/c1-3-16(13,14)8-9-4-5-10(7-12)11(6-9)15-2/h4-6H,3,7-8,12H2,1-2H3. The van der Waals surface area contributed by atoms with Crippen LogP contribution in [0.15, 0.2) is 18.2 Å². The first-order valence-electron chi connectivity index (χ1n) is 5.08. The minimum Gasteiger partial charge on any atom is -0.496 e. The summed E-state index contributed by atoms with van der Waals surface area (Å²) in [6.07, 6.45) is 0. The van der Waals surface area contributed by atoms with Crippen LogP contribution in [0.5, 0.6) is 5.75 Å². The Kier molecular flexibility index (Phi) is 4.32. The highest BCUT2D eigenvalue weighted by molar-refractivity contribution is 7.90. The number of rotatable bonds is 5. The molecule has 0 heterocycles. The topological polar surface area (TPSA) is 69.4 Å². The maximum Gasteiger partial charge on any atom is 0.154 e.